The number of carbonyl (C=O) groups excluding carboxylic acids is 1. The summed E-state index contributed by atoms with van der Waals surface area (Å²) in [4.78, 5) is 23.0. The molecule has 188 valence electrons. The number of nitriles is 1. The summed E-state index contributed by atoms with van der Waals surface area (Å²) >= 11 is 0. The maximum Gasteiger partial charge on any atom is 0.269 e. The molecule has 0 bridgehead atoms. The van der Waals surface area contributed by atoms with Crippen LogP contribution in [0.5, 0.6) is 11.5 Å². The van der Waals surface area contributed by atoms with E-state index < -0.39 is 10.8 Å². The Morgan fingerprint density at radius 2 is 2.11 bits per heavy atom. The number of hydrogen-bond donors (Lipinski definition) is 1. The normalized spacial score (nSPS) is 15.1. The Morgan fingerprint density at radius 1 is 1.33 bits per heavy atom. The predicted molar refractivity (Wildman–Crippen MR) is 135 cm³/mol. The topological polar surface area (TPSA) is 124 Å². The standard InChI is InChI=1S/C27H29N3O6/c1-3-6-21-13-20(14-22(16-28)27(31)29-17-24-7-5-12-35-24)15-25(34-4-2)26(21)36-18-19-8-10-23(11-9-19)30(32)33/h3,8-11,13-15,24H,1,4-7,12,17-18H2,2H3,(H,29,31)/b22-14+/t24-/m1/s1. The van der Waals surface area contributed by atoms with Gasteiger partial charge < -0.3 is 19.5 Å². The van der Waals surface area contributed by atoms with Crippen LogP contribution in [0, 0.1) is 21.4 Å². The lowest BCUT2D eigenvalue weighted by atomic mass is 10.0. The molecule has 1 aliphatic rings. The number of amides is 1. The van der Waals surface area contributed by atoms with Crippen LogP contribution < -0.4 is 14.8 Å². The molecule has 0 radical (unpaired) electrons. The molecule has 0 saturated carbocycles. The molecule has 1 fully saturated rings. The summed E-state index contributed by atoms with van der Waals surface area (Å²) in [5, 5.41) is 23.2. The summed E-state index contributed by atoms with van der Waals surface area (Å²) in [6.45, 7) is 7.25. The summed E-state index contributed by atoms with van der Waals surface area (Å²) < 4.78 is 17.4. The van der Waals surface area contributed by atoms with E-state index in [2.05, 4.69) is 11.9 Å². The predicted octanol–water partition coefficient (Wildman–Crippen LogP) is 4.50. The van der Waals surface area contributed by atoms with Crippen LogP contribution in [-0.2, 0) is 22.6 Å². The fraction of sp³-hybridized carbons (Fsp3) is 0.333. The Kier molecular flexibility index (Phi) is 9.60. The number of nitro benzene ring substituents is 1. The van der Waals surface area contributed by atoms with Crippen molar-refractivity contribution in [2.45, 2.75) is 38.9 Å². The Balaban J connectivity index is 1.83. The number of nitrogens with one attached hydrogen (secondary N) is 1. The SMILES string of the molecule is C=CCc1cc(/C=C(\C#N)C(=O)NC[C@H]2CCCO2)cc(OCC)c1OCc1ccc([N+](=O)[O-])cc1. The van der Waals surface area contributed by atoms with Gasteiger partial charge in [0.25, 0.3) is 11.6 Å². The van der Waals surface area contributed by atoms with Crippen molar-refractivity contribution in [2.24, 2.45) is 0 Å². The lowest BCUT2D eigenvalue weighted by molar-refractivity contribution is -0.384. The van der Waals surface area contributed by atoms with E-state index in [1.807, 2.05) is 19.1 Å². The molecule has 1 saturated heterocycles. The van der Waals surface area contributed by atoms with E-state index in [1.54, 1.807) is 24.3 Å². The zero-order valence-electron chi connectivity index (χ0n) is 20.2. The number of ether oxygens (including phenoxy) is 3. The molecule has 1 amide bonds. The van der Waals surface area contributed by atoms with Gasteiger partial charge in [-0.3, -0.25) is 14.9 Å². The first-order chi connectivity index (χ1) is 17.4. The van der Waals surface area contributed by atoms with Crippen molar-refractivity contribution in [3.63, 3.8) is 0 Å². The Bertz CT molecular complexity index is 1160. The van der Waals surface area contributed by atoms with Crippen molar-refractivity contribution in [1.82, 2.24) is 5.32 Å². The minimum atomic E-state index is -0.463. The lowest BCUT2D eigenvalue weighted by Crippen LogP contribution is -2.32. The van der Waals surface area contributed by atoms with Gasteiger partial charge >= 0.3 is 0 Å². The molecule has 0 unspecified atom stereocenters. The zero-order chi connectivity index (χ0) is 25.9. The second kappa shape index (κ2) is 13.1. The lowest BCUT2D eigenvalue weighted by Gasteiger charge is -2.17. The molecule has 2 aromatic rings. The van der Waals surface area contributed by atoms with E-state index in [0.29, 0.717) is 43.2 Å². The average Bonchev–Trinajstić information content (AvgIpc) is 3.40. The van der Waals surface area contributed by atoms with Gasteiger partial charge in [-0.05, 0) is 67.7 Å². The van der Waals surface area contributed by atoms with Gasteiger partial charge in [-0.15, -0.1) is 6.58 Å². The van der Waals surface area contributed by atoms with Crippen LogP contribution >= 0.6 is 0 Å². The zero-order valence-corrected chi connectivity index (χ0v) is 20.2. The Labute approximate surface area is 210 Å². The molecule has 0 spiro atoms. The fourth-order valence-corrected chi connectivity index (χ4v) is 3.79. The number of allylic oxidation sites excluding steroid dienone is 1. The van der Waals surface area contributed by atoms with Gasteiger partial charge in [-0.1, -0.05) is 6.08 Å². The summed E-state index contributed by atoms with van der Waals surface area (Å²) in [6, 6.07) is 11.6. The fourth-order valence-electron chi connectivity index (χ4n) is 3.79. The van der Waals surface area contributed by atoms with Crippen LogP contribution in [0.4, 0.5) is 5.69 Å². The molecular formula is C27H29N3O6. The molecule has 0 aromatic heterocycles. The smallest absolute Gasteiger partial charge is 0.269 e. The van der Waals surface area contributed by atoms with Crippen molar-refractivity contribution < 1.29 is 23.9 Å². The first-order valence-electron chi connectivity index (χ1n) is 11.7. The van der Waals surface area contributed by atoms with E-state index >= 15 is 0 Å². The number of carbonyl (C=O) groups is 1. The van der Waals surface area contributed by atoms with Crippen molar-refractivity contribution in [2.75, 3.05) is 19.8 Å². The number of rotatable bonds is 12. The van der Waals surface area contributed by atoms with Crippen molar-refractivity contribution in [1.29, 1.82) is 5.26 Å². The molecule has 1 N–H and O–H groups in total. The quantitative estimate of drug-likeness (QED) is 0.152. The molecule has 3 rings (SSSR count). The Morgan fingerprint density at radius 3 is 2.72 bits per heavy atom. The van der Waals surface area contributed by atoms with Crippen LogP contribution in [0.15, 0.2) is 54.6 Å². The molecule has 36 heavy (non-hydrogen) atoms. The number of nitrogens with zero attached hydrogens (tertiary/aromatic N) is 2. The van der Waals surface area contributed by atoms with Crippen molar-refractivity contribution in [3.05, 3.63) is 81.4 Å². The summed E-state index contributed by atoms with van der Waals surface area (Å²) in [5.74, 6) is 0.505. The molecule has 1 aliphatic heterocycles. The molecule has 1 heterocycles. The first-order valence-corrected chi connectivity index (χ1v) is 11.7. The van der Waals surface area contributed by atoms with E-state index in [-0.39, 0.29) is 24.0 Å². The number of hydrogen-bond acceptors (Lipinski definition) is 7. The third-order valence-electron chi connectivity index (χ3n) is 5.54. The molecule has 2 aromatic carbocycles. The van der Waals surface area contributed by atoms with Gasteiger partial charge in [-0.25, -0.2) is 0 Å². The highest BCUT2D eigenvalue weighted by Gasteiger charge is 2.19. The van der Waals surface area contributed by atoms with E-state index in [9.17, 15) is 20.2 Å². The highest BCUT2D eigenvalue weighted by atomic mass is 16.6. The third kappa shape index (κ3) is 7.17. The number of benzene rings is 2. The molecule has 0 aliphatic carbocycles. The maximum atomic E-state index is 12.6. The van der Waals surface area contributed by atoms with Crippen LogP contribution in [0.1, 0.15) is 36.5 Å². The minimum Gasteiger partial charge on any atom is -0.490 e. The highest BCUT2D eigenvalue weighted by Crippen LogP contribution is 2.35. The number of non-ortho nitro benzene ring substituents is 1. The molecule has 9 nitrogen and oxygen atoms in total. The van der Waals surface area contributed by atoms with Gasteiger partial charge in [0.05, 0.1) is 17.6 Å². The third-order valence-corrected chi connectivity index (χ3v) is 5.54. The first kappa shape index (κ1) is 26.4. The molecule has 9 heteroatoms. The molecular weight excluding hydrogens is 462 g/mol. The van der Waals surface area contributed by atoms with Gasteiger partial charge in [0, 0.05) is 30.8 Å². The van der Waals surface area contributed by atoms with E-state index in [0.717, 1.165) is 24.0 Å². The second-order valence-electron chi connectivity index (χ2n) is 8.16. The van der Waals surface area contributed by atoms with Crippen LogP contribution in [0.3, 0.4) is 0 Å². The van der Waals surface area contributed by atoms with Gasteiger partial charge in [0.2, 0.25) is 0 Å². The molecule has 1 atom stereocenters. The summed E-state index contributed by atoms with van der Waals surface area (Å²) in [5.41, 5.74) is 2.11. The van der Waals surface area contributed by atoms with E-state index in [1.165, 1.54) is 18.2 Å². The van der Waals surface area contributed by atoms with Gasteiger partial charge in [0.1, 0.15) is 18.2 Å². The monoisotopic (exact) mass is 491 g/mol. The van der Waals surface area contributed by atoms with Crippen LogP contribution in [0.2, 0.25) is 0 Å². The van der Waals surface area contributed by atoms with Gasteiger partial charge in [0.15, 0.2) is 11.5 Å². The maximum absolute atomic E-state index is 12.6. The van der Waals surface area contributed by atoms with Crippen molar-refractivity contribution >= 4 is 17.7 Å². The second-order valence-corrected chi connectivity index (χ2v) is 8.16. The summed E-state index contributed by atoms with van der Waals surface area (Å²) in [6.07, 6.45) is 5.52. The highest BCUT2D eigenvalue weighted by molar-refractivity contribution is 6.01. The number of nitro groups is 1. The van der Waals surface area contributed by atoms with Crippen LogP contribution in [-0.4, -0.2) is 36.7 Å². The Hall–Kier alpha value is -4.16. The average molecular weight is 492 g/mol. The van der Waals surface area contributed by atoms with Crippen LogP contribution in [0.25, 0.3) is 6.08 Å². The van der Waals surface area contributed by atoms with Gasteiger partial charge in [-0.2, -0.15) is 5.26 Å². The van der Waals surface area contributed by atoms with Crippen molar-refractivity contribution in [3.8, 4) is 17.6 Å². The largest absolute Gasteiger partial charge is 0.490 e. The van der Waals surface area contributed by atoms with E-state index in [4.69, 9.17) is 14.2 Å². The minimum absolute atomic E-state index is 0.00495. The summed E-state index contributed by atoms with van der Waals surface area (Å²) in [7, 11) is 0.